The molecule has 2 aromatic carbocycles. The molecule has 98 valence electrons. The van der Waals surface area contributed by atoms with Gasteiger partial charge in [-0.25, -0.2) is 4.79 Å². The molecule has 1 heterocycles. The third kappa shape index (κ3) is 2.34. The highest BCUT2D eigenvalue weighted by Crippen LogP contribution is 2.26. The first-order valence-electron chi connectivity index (χ1n) is 6.27. The fraction of sp³-hybridized carbons (Fsp3) is 0.267. The number of hydrogen-bond donors (Lipinski definition) is 1. The molecule has 1 atom stereocenters. The summed E-state index contributed by atoms with van der Waals surface area (Å²) in [6, 6.07) is 12.2. The van der Waals surface area contributed by atoms with Gasteiger partial charge in [-0.1, -0.05) is 18.2 Å². The number of nitrogens with one attached hydrogen (secondary N) is 1. The van der Waals surface area contributed by atoms with Crippen molar-refractivity contribution >= 4 is 16.9 Å². The SMILES string of the molecule is COc1ccc2cc([C@H]3CCOC(=O)N3)ccc2c1. The van der Waals surface area contributed by atoms with Crippen LogP contribution in [-0.4, -0.2) is 19.8 Å². The molecule has 1 fully saturated rings. The van der Waals surface area contributed by atoms with Gasteiger partial charge >= 0.3 is 6.09 Å². The lowest BCUT2D eigenvalue weighted by atomic mass is 9.99. The van der Waals surface area contributed by atoms with E-state index in [2.05, 4.69) is 17.4 Å². The highest BCUT2D eigenvalue weighted by atomic mass is 16.5. The van der Waals surface area contributed by atoms with Gasteiger partial charge in [-0.15, -0.1) is 0 Å². The summed E-state index contributed by atoms with van der Waals surface area (Å²) in [5.74, 6) is 0.847. The Morgan fingerprint density at radius 2 is 2.00 bits per heavy atom. The van der Waals surface area contributed by atoms with Crippen LogP contribution in [0.15, 0.2) is 36.4 Å². The van der Waals surface area contributed by atoms with E-state index in [4.69, 9.17) is 9.47 Å². The number of rotatable bonds is 2. The van der Waals surface area contributed by atoms with Gasteiger partial charge in [-0.2, -0.15) is 0 Å². The molecule has 0 unspecified atom stereocenters. The van der Waals surface area contributed by atoms with Crippen LogP contribution in [0.25, 0.3) is 10.8 Å². The van der Waals surface area contributed by atoms with Gasteiger partial charge in [-0.3, -0.25) is 0 Å². The van der Waals surface area contributed by atoms with Crippen molar-refractivity contribution in [3.05, 3.63) is 42.0 Å². The molecule has 4 heteroatoms. The molecule has 2 aromatic rings. The highest BCUT2D eigenvalue weighted by molar-refractivity contribution is 5.84. The van der Waals surface area contributed by atoms with Crippen molar-refractivity contribution in [2.24, 2.45) is 0 Å². The van der Waals surface area contributed by atoms with Crippen LogP contribution in [-0.2, 0) is 4.74 Å². The Balaban J connectivity index is 1.95. The Morgan fingerprint density at radius 3 is 2.79 bits per heavy atom. The molecule has 1 aliphatic heterocycles. The van der Waals surface area contributed by atoms with Crippen LogP contribution in [0.5, 0.6) is 5.75 Å². The summed E-state index contributed by atoms with van der Waals surface area (Å²) < 4.78 is 10.1. The highest BCUT2D eigenvalue weighted by Gasteiger charge is 2.20. The number of benzene rings is 2. The van der Waals surface area contributed by atoms with E-state index in [0.717, 1.165) is 28.5 Å². The fourth-order valence-corrected chi connectivity index (χ4v) is 2.36. The molecule has 0 spiro atoms. The topological polar surface area (TPSA) is 47.6 Å². The van der Waals surface area contributed by atoms with Crippen LogP contribution in [0.2, 0.25) is 0 Å². The van der Waals surface area contributed by atoms with Crippen molar-refractivity contribution in [1.29, 1.82) is 0 Å². The Labute approximate surface area is 111 Å². The lowest BCUT2D eigenvalue weighted by Crippen LogP contribution is -2.35. The Hall–Kier alpha value is -2.23. The van der Waals surface area contributed by atoms with Crippen LogP contribution in [0.1, 0.15) is 18.0 Å². The summed E-state index contributed by atoms with van der Waals surface area (Å²) in [6.07, 6.45) is 0.457. The summed E-state index contributed by atoms with van der Waals surface area (Å²) in [5, 5.41) is 5.10. The number of carbonyl (C=O) groups is 1. The predicted molar refractivity (Wildman–Crippen MR) is 72.3 cm³/mol. The maximum absolute atomic E-state index is 11.2. The molecule has 1 N–H and O–H groups in total. The molecule has 1 aliphatic rings. The zero-order chi connectivity index (χ0) is 13.2. The third-order valence-corrected chi connectivity index (χ3v) is 3.41. The van der Waals surface area contributed by atoms with Gasteiger partial charge in [0, 0.05) is 6.42 Å². The van der Waals surface area contributed by atoms with Gasteiger partial charge in [0.1, 0.15) is 5.75 Å². The second-order valence-electron chi connectivity index (χ2n) is 4.59. The number of fused-ring (bicyclic) bond motifs is 1. The van der Waals surface area contributed by atoms with Crippen molar-refractivity contribution in [1.82, 2.24) is 5.32 Å². The van der Waals surface area contributed by atoms with Crippen LogP contribution >= 0.6 is 0 Å². The van der Waals surface area contributed by atoms with Crippen LogP contribution in [0.3, 0.4) is 0 Å². The Kier molecular flexibility index (Phi) is 2.99. The summed E-state index contributed by atoms with van der Waals surface area (Å²) in [6.45, 7) is 0.469. The molecule has 0 saturated carbocycles. The normalized spacial score (nSPS) is 18.8. The molecule has 0 aromatic heterocycles. The zero-order valence-corrected chi connectivity index (χ0v) is 10.7. The van der Waals surface area contributed by atoms with Crippen LogP contribution in [0, 0.1) is 0 Å². The van der Waals surface area contributed by atoms with Crippen molar-refractivity contribution in [2.45, 2.75) is 12.5 Å². The number of alkyl carbamates (subject to hydrolysis) is 1. The number of amides is 1. The predicted octanol–water partition coefficient (Wildman–Crippen LogP) is 3.02. The molecule has 19 heavy (non-hydrogen) atoms. The molecule has 3 rings (SSSR count). The van der Waals surface area contributed by atoms with E-state index in [9.17, 15) is 4.79 Å². The largest absolute Gasteiger partial charge is 0.497 e. The average Bonchev–Trinajstić information content (AvgIpc) is 2.46. The fourth-order valence-electron chi connectivity index (χ4n) is 2.36. The first-order chi connectivity index (χ1) is 9.26. The van der Waals surface area contributed by atoms with Gasteiger partial charge in [0.05, 0.1) is 19.8 Å². The number of methoxy groups -OCH3 is 1. The molecular weight excluding hydrogens is 242 g/mol. The minimum Gasteiger partial charge on any atom is -0.497 e. The smallest absolute Gasteiger partial charge is 0.407 e. The molecule has 0 radical (unpaired) electrons. The van der Waals surface area contributed by atoms with E-state index in [1.165, 1.54) is 0 Å². The summed E-state index contributed by atoms with van der Waals surface area (Å²) in [7, 11) is 1.66. The maximum Gasteiger partial charge on any atom is 0.407 e. The van der Waals surface area contributed by atoms with Gasteiger partial charge in [0.15, 0.2) is 0 Å². The quantitative estimate of drug-likeness (QED) is 0.899. The molecule has 0 bridgehead atoms. The third-order valence-electron chi connectivity index (χ3n) is 3.41. The van der Waals surface area contributed by atoms with Crippen LogP contribution < -0.4 is 10.1 Å². The van der Waals surface area contributed by atoms with E-state index >= 15 is 0 Å². The monoisotopic (exact) mass is 257 g/mol. The Morgan fingerprint density at radius 1 is 1.21 bits per heavy atom. The number of ether oxygens (including phenoxy) is 2. The molecular formula is C15H15NO3. The molecule has 0 aliphatic carbocycles. The zero-order valence-electron chi connectivity index (χ0n) is 10.7. The molecule has 4 nitrogen and oxygen atoms in total. The first kappa shape index (κ1) is 11.8. The summed E-state index contributed by atoms with van der Waals surface area (Å²) in [5.41, 5.74) is 1.11. The number of cyclic esters (lactones) is 1. The first-order valence-corrected chi connectivity index (χ1v) is 6.27. The minimum atomic E-state index is -0.342. The van der Waals surface area contributed by atoms with Gasteiger partial charge < -0.3 is 14.8 Å². The van der Waals surface area contributed by atoms with Gasteiger partial charge in [0.2, 0.25) is 0 Å². The van der Waals surface area contributed by atoms with E-state index in [-0.39, 0.29) is 12.1 Å². The van der Waals surface area contributed by atoms with Crippen molar-refractivity contribution in [3.8, 4) is 5.75 Å². The minimum absolute atomic E-state index is 0.0350. The van der Waals surface area contributed by atoms with Crippen molar-refractivity contribution in [3.63, 3.8) is 0 Å². The average molecular weight is 257 g/mol. The van der Waals surface area contributed by atoms with Gasteiger partial charge in [0.25, 0.3) is 0 Å². The standard InChI is InChI=1S/C15H15NO3/c1-18-13-5-4-10-8-12(3-2-11(10)9-13)14-6-7-19-15(17)16-14/h2-5,8-9,14H,6-7H2,1H3,(H,16,17)/t14-/m1/s1. The van der Waals surface area contributed by atoms with Crippen molar-refractivity contribution in [2.75, 3.05) is 13.7 Å². The van der Waals surface area contributed by atoms with E-state index in [1.54, 1.807) is 7.11 Å². The summed E-state index contributed by atoms with van der Waals surface area (Å²) in [4.78, 5) is 11.2. The second kappa shape index (κ2) is 4.80. The Bertz CT molecular complexity index is 624. The van der Waals surface area contributed by atoms with Crippen LogP contribution in [0.4, 0.5) is 4.79 Å². The van der Waals surface area contributed by atoms with Crippen molar-refractivity contribution < 1.29 is 14.3 Å². The van der Waals surface area contributed by atoms with Gasteiger partial charge in [-0.05, 0) is 34.5 Å². The molecule has 1 saturated heterocycles. The number of hydrogen-bond acceptors (Lipinski definition) is 3. The lowest BCUT2D eigenvalue weighted by molar-refractivity contribution is 0.115. The lowest BCUT2D eigenvalue weighted by Gasteiger charge is -2.23. The number of carbonyl (C=O) groups excluding carboxylic acids is 1. The van der Waals surface area contributed by atoms with E-state index in [1.807, 2.05) is 24.3 Å². The van der Waals surface area contributed by atoms with E-state index < -0.39 is 0 Å². The molecule has 1 amide bonds. The summed E-state index contributed by atoms with van der Waals surface area (Å²) >= 11 is 0. The van der Waals surface area contributed by atoms with E-state index in [0.29, 0.717) is 6.61 Å². The second-order valence-corrected chi connectivity index (χ2v) is 4.59. The maximum atomic E-state index is 11.2.